The molecule has 1 unspecified atom stereocenters. The molecular formula is C18H20ClFN2O2. The Morgan fingerprint density at radius 1 is 1.33 bits per heavy atom. The smallest absolute Gasteiger partial charge is 0.319 e. The number of para-hydroxylation sites is 1. The zero-order valence-corrected chi connectivity index (χ0v) is 14.6. The monoisotopic (exact) mass is 350 g/mol. The molecule has 0 heterocycles. The van der Waals surface area contributed by atoms with E-state index in [-0.39, 0.29) is 16.8 Å². The van der Waals surface area contributed by atoms with Gasteiger partial charge in [-0.15, -0.1) is 0 Å². The average Bonchev–Trinajstić information content (AvgIpc) is 2.53. The summed E-state index contributed by atoms with van der Waals surface area (Å²) in [6.07, 6.45) is 0. The van der Waals surface area contributed by atoms with Gasteiger partial charge in [-0.3, -0.25) is 0 Å². The minimum atomic E-state index is -0.587. The number of urea groups is 1. The standard InChI is InChI=1S/C18H20ClFN2O2/c1-4-24-16-9-8-11(2)10-13(16)12(3)21-18(23)22-17-14(19)6-5-7-15(17)20/h5-10,12H,4H2,1-3H3,(H2,21,22,23). The molecule has 0 aromatic heterocycles. The maximum atomic E-state index is 13.7. The summed E-state index contributed by atoms with van der Waals surface area (Å²) in [5.74, 6) is 0.121. The number of anilines is 1. The van der Waals surface area contributed by atoms with Crippen LogP contribution in [-0.2, 0) is 0 Å². The van der Waals surface area contributed by atoms with Crippen molar-refractivity contribution in [2.45, 2.75) is 26.8 Å². The van der Waals surface area contributed by atoms with Crippen molar-refractivity contribution in [3.8, 4) is 5.75 Å². The Hall–Kier alpha value is -2.27. The molecule has 128 valence electrons. The molecule has 0 fully saturated rings. The van der Waals surface area contributed by atoms with E-state index in [1.807, 2.05) is 39.0 Å². The molecule has 0 aliphatic carbocycles. The summed E-state index contributed by atoms with van der Waals surface area (Å²) >= 11 is 5.91. The van der Waals surface area contributed by atoms with Gasteiger partial charge in [0.15, 0.2) is 0 Å². The first kappa shape index (κ1) is 18.1. The van der Waals surface area contributed by atoms with Crippen LogP contribution < -0.4 is 15.4 Å². The molecule has 0 aliphatic rings. The van der Waals surface area contributed by atoms with Crippen LogP contribution in [0.25, 0.3) is 0 Å². The average molecular weight is 351 g/mol. The largest absolute Gasteiger partial charge is 0.494 e. The van der Waals surface area contributed by atoms with Crippen molar-refractivity contribution in [2.24, 2.45) is 0 Å². The third-order valence-electron chi connectivity index (χ3n) is 3.48. The second-order valence-corrected chi connectivity index (χ2v) is 5.80. The predicted molar refractivity (Wildman–Crippen MR) is 94.3 cm³/mol. The lowest BCUT2D eigenvalue weighted by Crippen LogP contribution is -2.31. The van der Waals surface area contributed by atoms with E-state index in [0.717, 1.165) is 11.1 Å². The van der Waals surface area contributed by atoms with Gasteiger partial charge in [-0.25, -0.2) is 9.18 Å². The van der Waals surface area contributed by atoms with Crippen LogP contribution in [0.2, 0.25) is 5.02 Å². The Balaban J connectivity index is 2.13. The molecule has 24 heavy (non-hydrogen) atoms. The molecule has 0 radical (unpaired) electrons. The van der Waals surface area contributed by atoms with Crippen molar-refractivity contribution >= 4 is 23.3 Å². The van der Waals surface area contributed by atoms with E-state index in [1.165, 1.54) is 18.2 Å². The van der Waals surface area contributed by atoms with Crippen LogP contribution in [0.3, 0.4) is 0 Å². The Labute approximate surface area is 146 Å². The van der Waals surface area contributed by atoms with Gasteiger partial charge in [0.25, 0.3) is 0 Å². The van der Waals surface area contributed by atoms with Crippen molar-refractivity contribution in [3.63, 3.8) is 0 Å². The van der Waals surface area contributed by atoms with Crippen molar-refractivity contribution in [1.82, 2.24) is 5.32 Å². The highest BCUT2D eigenvalue weighted by Gasteiger charge is 2.16. The fourth-order valence-corrected chi connectivity index (χ4v) is 2.54. The lowest BCUT2D eigenvalue weighted by Gasteiger charge is -2.19. The number of amides is 2. The van der Waals surface area contributed by atoms with Gasteiger partial charge in [0, 0.05) is 5.56 Å². The van der Waals surface area contributed by atoms with Crippen molar-refractivity contribution < 1.29 is 13.9 Å². The Morgan fingerprint density at radius 3 is 2.75 bits per heavy atom. The number of ether oxygens (including phenoxy) is 1. The molecule has 4 nitrogen and oxygen atoms in total. The van der Waals surface area contributed by atoms with E-state index in [1.54, 1.807) is 0 Å². The van der Waals surface area contributed by atoms with Gasteiger partial charge in [0.2, 0.25) is 0 Å². The molecule has 6 heteroatoms. The number of carbonyl (C=O) groups excluding carboxylic acids is 1. The third kappa shape index (κ3) is 4.38. The molecule has 0 aliphatic heterocycles. The second kappa shape index (κ2) is 8.02. The zero-order valence-electron chi connectivity index (χ0n) is 13.8. The SMILES string of the molecule is CCOc1ccc(C)cc1C(C)NC(=O)Nc1c(F)cccc1Cl. The Kier molecular flexibility index (Phi) is 6.04. The minimum absolute atomic E-state index is 0.0434. The van der Waals surface area contributed by atoms with Crippen LogP contribution in [0.5, 0.6) is 5.75 Å². The number of carbonyl (C=O) groups is 1. The summed E-state index contributed by atoms with van der Waals surface area (Å²) in [4.78, 5) is 12.2. The van der Waals surface area contributed by atoms with Gasteiger partial charge in [-0.1, -0.05) is 35.4 Å². The maximum absolute atomic E-state index is 13.7. The normalized spacial score (nSPS) is 11.7. The molecule has 1 atom stereocenters. The molecular weight excluding hydrogens is 331 g/mol. The second-order valence-electron chi connectivity index (χ2n) is 5.39. The van der Waals surface area contributed by atoms with Crippen LogP contribution in [0.4, 0.5) is 14.9 Å². The molecule has 0 saturated heterocycles. The fraction of sp³-hybridized carbons (Fsp3) is 0.278. The topological polar surface area (TPSA) is 50.4 Å². The molecule has 0 bridgehead atoms. The molecule has 2 aromatic carbocycles. The number of nitrogens with one attached hydrogen (secondary N) is 2. The number of halogens is 2. The number of aryl methyl sites for hydroxylation is 1. The van der Waals surface area contributed by atoms with Crippen LogP contribution in [0.15, 0.2) is 36.4 Å². The van der Waals surface area contributed by atoms with E-state index in [2.05, 4.69) is 10.6 Å². The van der Waals surface area contributed by atoms with Crippen molar-refractivity contribution in [3.05, 3.63) is 58.4 Å². The van der Waals surface area contributed by atoms with Gasteiger partial charge >= 0.3 is 6.03 Å². The maximum Gasteiger partial charge on any atom is 0.319 e. The highest BCUT2D eigenvalue weighted by Crippen LogP contribution is 2.27. The molecule has 2 amide bonds. The van der Waals surface area contributed by atoms with E-state index in [9.17, 15) is 9.18 Å². The van der Waals surface area contributed by atoms with E-state index < -0.39 is 11.8 Å². The Bertz CT molecular complexity index is 717. The molecule has 2 aromatic rings. The van der Waals surface area contributed by atoms with Gasteiger partial charge in [-0.05, 0) is 39.0 Å². The first-order valence-corrected chi connectivity index (χ1v) is 8.05. The lowest BCUT2D eigenvalue weighted by molar-refractivity contribution is 0.249. The summed E-state index contributed by atoms with van der Waals surface area (Å²) in [5, 5.41) is 5.36. The molecule has 0 saturated carbocycles. The number of hydrogen-bond donors (Lipinski definition) is 2. The highest BCUT2D eigenvalue weighted by atomic mass is 35.5. The van der Waals surface area contributed by atoms with E-state index in [4.69, 9.17) is 16.3 Å². The highest BCUT2D eigenvalue weighted by molar-refractivity contribution is 6.33. The molecule has 0 spiro atoms. The zero-order chi connectivity index (χ0) is 17.7. The van der Waals surface area contributed by atoms with Gasteiger partial charge < -0.3 is 15.4 Å². The first-order chi connectivity index (χ1) is 11.4. The predicted octanol–water partition coefficient (Wildman–Crippen LogP) is 5.07. The number of benzene rings is 2. The van der Waals surface area contributed by atoms with Crippen LogP contribution >= 0.6 is 11.6 Å². The van der Waals surface area contributed by atoms with Crippen LogP contribution in [-0.4, -0.2) is 12.6 Å². The first-order valence-electron chi connectivity index (χ1n) is 7.67. The molecule has 2 rings (SSSR count). The fourth-order valence-electron chi connectivity index (χ4n) is 2.33. The summed E-state index contributed by atoms with van der Waals surface area (Å²) in [6, 6.07) is 9.13. The van der Waals surface area contributed by atoms with E-state index in [0.29, 0.717) is 12.4 Å². The van der Waals surface area contributed by atoms with Gasteiger partial charge in [-0.2, -0.15) is 0 Å². The van der Waals surface area contributed by atoms with Crippen LogP contribution in [0, 0.1) is 12.7 Å². The quantitative estimate of drug-likeness (QED) is 0.791. The van der Waals surface area contributed by atoms with Crippen molar-refractivity contribution in [1.29, 1.82) is 0 Å². The third-order valence-corrected chi connectivity index (χ3v) is 3.80. The van der Waals surface area contributed by atoms with Crippen molar-refractivity contribution in [2.75, 3.05) is 11.9 Å². The number of rotatable bonds is 5. The molecule has 2 N–H and O–H groups in total. The van der Waals surface area contributed by atoms with Crippen LogP contribution in [0.1, 0.15) is 31.0 Å². The summed E-state index contributed by atoms with van der Waals surface area (Å²) in [6.45, 7) is 6.22. The summed E-state index contributed by atoms with van der Waals surface area (Å²) in [7, 11) is 0. The summed E-state index contributed by atoms with van der Waals surface area (Å²) in [5.41, 5.74) is 1.87. The van der Waals surface area contributed by atoms with Gasteiger partial charge in [0.1, 0.15) is 11.6 Å². The van der Waals surface area contributed by atoms with E-state index >= 15 is 0 Å². The lowest BCUT2D eigenvalue weighted by atomic mass is 10.0. The number of hydrogen-bond acceptors (Lipinski definition) is 2. The Morgan fingerprint density at radius 2 is 2.08 bits per heavy atom. The minimum Gasteiger partial charge on any atom is -0.494 e. The van der Waals surface area contributed by atoms with Gasteiger partial charge in [0.05, 0.1) is 23.4 Å². The summed E-state index contributed by atoms with van der Waals surface area (Å²) < 4.78 is 19.3.